The SMILES string of the molecule is Cc1cccc(C)c1-c1cc2nc(n1)NS(=O)(=O)c1cccc(c1)C(=O)N(Cc1cnc(C)c(N(C)CC(C)C)n1)[C@H](CC(C)(C)C)CO2. The molecule has 3 heterocycles. The number of rotatable bonds is 7. The summed E-state index contributed by atoms with van der Waals surface area (Å²) in [4.78, 5) is 37.0. The molecule has 260 valence electrons. The van der Waals surface area contributed by atoms with E-state index in [0.29, 0.717) is 23.7 Å². The van der Waals surface area contributed by atoms with Gasteiger partial charge in [-0.05, 0) is 67.9 Å². The summed E-state index contributed by atoms with van der Waals surface area (Å²) < 4.78 is 36.4. The number of carbonyl (C=O) groups excluding carboxylic acids is 1. The highest BCUT2D eigenvalue weighted by molar-refractivity contribution is 7.92. The number of hydrogen-bond acceptors (Lipinski definition) is 9. The van der Waals surface area contributed by atoms with Crippen molar-refractivity contribution in [2.45, 2.75) is 79.3 Å². The molecule has 49 heavy (non-hydrogen) atoms. The Balaban J connectivity index is 1.66. The van der Waals surface area contributed by atoms with Crippen LogP contribution in [-0.2, 0) is 16.6 Å². The summed E-state index contributed by atoms with van der Waals surface area (Å²) >= 11 is 0. The van der Waals surface area contributed by atoms with Gasteiger partial charge in [0.05, 0.1) is 40.8 Å². The highest BCUT2D eigenvalue weighted by Crippen LogP contribution is 2.32. The van der Waals surface area contributed by atoms with E-state index in [1.807, 2.05) is 46.0 Å². The summed E-state index contributed by atoms with van der Waals surface area (Å²) in [5.41, 5.74) is 4.77. The second kappa shape index (κ2) is 14.1. The lowest BCUT2D eigenvalue weighted by Gasteiger charge is -2.35. The number of amides is 1. The Hall–Kier alpha value is -4.58. The molecule has 0 aliphatic carbocycles. The zero-order valence-corrected chi connectivity index (χ0v) is 30.7. The average Bonchev–Trinajstić information content (AvgIpc) is 3.01. The molecular weight excluding hydrogens is 639 g/mol. The molecule has 0 saturated heterocycles. The van der Waals surface area contributed by atoms with Crippen LogP contribution in [0.25, 0.3) is 11.3 Å². The minimum atomic E-state index is -4.18. The maximum absolute atomic E-state index is 14.5. The van der Waals surface area contributed by atoms with Gasteiger partial charge in [-0.15, -0.1) is 0 Å². The third-order valence-corrected chi connectivity index (χ3v) is 9.67. The van der Waals surface area contributed by atoms with Crippen molar-refractivity contribution in [3.05, 3.63) is 82.8 Å². The van der Waals surface area contributed by atoms with E-state index < -0.39 is 16.1 Å². The highest BCUT2D eigenvalue weighted by Gasteiger charge is 2.32. The molecule has 0 saturated carbocycles. The van der Waals surface area contributed by atoms with Gasteiger partial charge in [-0.3, -0.25) is 9.78 Å². The number of anilines is 2. The number of hydrogen-bond donors (Lipinski definition) is 1. The van der Waals surface area contributed by atoms with Crippen LogP contribution in [0.4, 0.5) is 11.8 Å². The lowest BCUT2D eigenvalue weighted by Crippen LogP contribution is -2.45. The number of sulfonamides is 1. The zero-order chi connectivity index (χ0) is 35.7. The highest BCUT2D eigenvalue weighted by atomic mass is 32.2. The largest absolute Gasteiger partial charge is 0.475 e. The molecule has 0 radical (unpaired) electrons. The Morgan fingerprint density at radius 3 is 2.39 bits per heavy atom. The topological polar surface area (TPSA) is 131 Å². The monoisotopic (exact) mass is 685 g/mol. The van der Waals surface area contributed by atoms with Crippen molar-refractivity contribution in [3.8, 4) is 17.1 Å². The van der Waals surface area contributed by atoms with Gasteiger partial charge in [0.25, 0.3) is 15.9 Å². The third-order valence-electron chi connectivity index (χ3n) is 8.34. The molecule has 11 nitrogen and oxygen atoms in total. The first-order chi connectivity index (χ1) is 23.0. The Labute approximate surface area is 290 Å². The molecule has 12 heteroatoms. The van der Waals surface area contributed by atoms with E-state index in [2.05, 4.69) is 59.2 Å². The third kappa shape index (κ3) is 8.54. The number of nitrogens with one attached hydrogen (secondary N) is 1. The number of nitrogens with zero attached hydrogens (tertiary/aromatic N) is 6. The van der Waals surface area contributed by atoms with Gasteiger partial charge in [-0.25, -0.2) is 23.1 Å². The summed E-state index contributed by atoms with van der Waals surface area (Å²) in [5.74, 6) is 0.889. The smallest absolute Gasteiger partial charge is 0.264 e. The van der Waals surface area contributed by atoms with E-state index in [4.69, 9.17) is 9.72 Å². The van der Waals surface area contributed by atoms with Gasteiger partial charge in [0, 0.05) is 30.8 Å². The first-order valence-electron chi connectivity index (χ1n) is 16.6. The summed E-state index contributed by atoms with van der Waals surface area (Å²) in [5, 5.41) is 0. The molecule has 1 aliphatic rings. The van der Waals surface area contributed by atoms with E-state index in [1.165, 1.54) is 12.1 Å². The van der Waals surface area contributed by atoms with Crippen LogP contribution in [0.2, 0.25) is 0 Å². The van der Waals surface area contributed by atoms with Crippen LogP contribution in [0.5, 0.6) is 5.88 Å². The lowest BCUT2D eigenvalue weighted by atomic mass is 9.87. The number of aromatic nitrogens is 4. The molecule has 0 unspecified atom stereocenters. The zero-order valence-electron chi connectivity index (χ0n) is 29.9. The van der Waals surface area contributed by atoms with Crippen LogP contribution < -0.4 is 14.4 Å². The normalized spacial score (nSPS) is 16.2. The number of ether oxygens (including phenoxy) is 1. The van der Waals surface area contributed by atoms with Gasteiger partial charge in [0.15, 0.2) is 0 Å². The van der Waals surface area contributed by atoms with Crippen molar-refractivity contribution in [2.24, 2.45) is 11.3 Å². The van der Waals surface area contributed by atoms with Crippen LogP contribution >= 0.6 is 0 Å². The van der Waals surface area contributed by atoms with Gasteiger partial charge >= 0.3 is 0 Å². The molecule has 1 N–H and O–H groups in total. The number of fused-ring (bicyclic) bond motifs is 4. The Morgan fingerprint density at radius 2 is 1.71 bits per heavy atom. The first-order valence-corrected chi connectivity index (χ1v) is 18.0. The van der Waals surface area contributed by atoms with Crippen molar-refractivity contribution < 1.29 is 17.9 Å². The fraction of sp³-hybridized carbons (Fsp3) is 0.432. The fourth-order valence-corrected chi connectivity index (χ4v) is 7.26. The van der Waals surface area contributed by atoms with Crippen molar-refractivity contribution in [1.29, 1.82) is 0 Å². The molecule has 2 aromatic carbocycles. The van der Waals surface area contributed by atoms with E-state index in [-0.39, 0.29) is 46.8 Å². The molecule has 4 bridgehead atoms. The van der Waals surface area contributed by atoms with Crippen molar-refractivity contribution in [1.82, 2.24) is 24.8 Å². The minimum Gasteiger partial charge on any atom is -0.475 e. The summed E-state index contributed by atoms with van der Waals surface area (Å²) in [6, 6.07) is 13.2. The number of aryl methyl sites for hydroxylation is 3. The van der Waals surface area contributed by atoms with Gasteiger partial charge in [0.1, 0.15) is 12.4 Å². The molecule has 4 aromatic rings. The van der Waals surface area contributed by atoms with Crippen molar-refractivity contribution in [3.63, 3.8) is 0 Å². The minimum absolute atomic E-state index is 0.0822. The first kappa shape index (κ1) is 35.7. The average molecular weight is 686 g/mol. The quantitative estimate of drug-likeness (QED) is 0.229. The van der Waals surface area contributed by atoms with E-state index >= 15 is 0 Å². The molecule has 1 aliphatic heterocycles. The van der Waals surface area contributed by atoms with Crippen molar-refractivity contribution in [2.75, 3.05) is 29.8 Å². The van der Waals surface area contributed by atoms with Crippen LogP contribution in [0.3, 0.4) is 0 Å². The maximum atomic E-state index is 14.5. The maximum Gasteiger partial charge on any atom is 0.264 e. The molecular formula is C37H47N7O4S. The molecule has 1 atom stereocenters. The number of carbonyl (C=O) groups is 1. The second-order valence-corrected chi connectivity index (χ2v) is 16.2. The van der Waals surface area contributed by atoms with Crippen molar-refractivity contribution >= 4 is 27.7 Å². The Kier molecular flexibility index (Phi) is 10.3. The second-order valence-electron chi connectivity index (χ2n) is 14.5. The standard InChI is InChI=1S/C37H47N7O4S/c1-23(2)20-43(9)34-26(5)38-19-28(39-34)21-44-29(18-37(6,7)8)22-48-32-17-31(33-24(3)12-10-13-25(33)4)40-36(41-32)42-49(46,47)30-15-11-14-27(16-30)35(44)45/h10-17,19,23,29H,18,20-22H2,1-9H3,(H,40,41,42)/t29-/m1/s1. The summed E-state index contributed by atoms with van der Waals surface area (Å²) in [7, 11) is -2.19. The van der Waals surface area contributed by atoms with E-state index in [0.717, 1.165) is 34.7 Å². The van der Waals surface area contributed by atoms with E-state index in [9.17, 15) is 13.2 Å². The lowest BCUT2D eigenvalue weighted by molar-refractivity contribution is 0.0509. The Bertz CT molecular complexity index is 1940. The molecule has 2 aromatic heterocycles. The predicted molar refractivity (Wildman–Crippen MR) is 192 cm³/mol. The molecule has 1 amide bonds. The predicted octanol–water partition coefficient (Wildman–Crippen LogP) is 6.59. The summed E-state index contributed by atoms with van der Waals surface area (Å²) in [6.45, 7) is 17.5. The summed E-state index contributed by atoms with van der Waals surface area (Å²) in [6.07, 6.45) is 2.28. The van der Waals surface area contributed by atoms with Crippen LogP contribution in [0, 0.1) is 32.1 Å². The van der Waals surface area contributed by atoms with Gasteiger partial charge in [-0.2, -0.15) is 4.98 Å². The van der Waals surface area contributed by atoms with Crippen LogP contribution in [0.1, 0.15) is 73.9 Å². The van der Waals surface area contributed by atoms with Crippen LogP contribution in [0.15, 0.2) is 59.6 Å². The molecule has 5 rings (SSSR count). The van der Waals surface area contributed by atoms with Crippen LogP contribution in [-0.4, -0.2) is 65.4 Å². The fourth-order valence-electron chi connectivity index (χ4n) is 6.27. The van der Waals surface area contributed by atoms with Gasteiger partial charge in [0.2, 0.25) is 11.8 Å². The van der Waals surface area contributed by atoms with Gasteiger partial charge in [-0.1, -0.05) is 58.9 Å². The van der Waals surface area contributed by atoms with E-state index in [1.54, 1.807) is 29.3 Å². The molecule has 0 fully saturated rings. The molecule has 0 spiro atoms. The Morgan fingerprint density at radius 1 is 1.02 bits per heavy atom. The van der Waals surface area contributed by atoms with Gasteiger partial charge < -0.3 is 14.5 Å². The number of benzene rings is 2.